The zero-order chi connectivity index (χ0) is 28.3. The standard InChI is InChI=1S/C24H30N2O8S2/c1-5-33-15-20-14-19(12-13-35(27,28)29)10-11-21(20)22-8-6-7-9-23(22)36(30,31)26(16-32-4)24-17(2)18(3)34-25-24/h6-11,14H,5,12-13,15-16H2,1-4H3,(H,27,28,29)/i12D2. The summed E-state index contributed by atoms with van der Waals surface area (Å²) in [6.45, 7) is 5.12. The first-order valence-electron chi connectivity index (χ1n) is 11.9. The van der Waals surface area contributed by atoms with E-state index in [0.717, 1.165) is 4.31 Å². The molecule has 0 fully saturated rings. The van der Waals surface area contributed by atoms with Gasteiger partial charge in [-0.1, -0.05) is 41.6 Å². The lowest BCUT2D eigenvalue weighted by atomic mass is 9.97. The average Bonchev–Trinajstić information content (AvgIpc) is 3.17. The Morgan fingerprint density at radius 3 is 2.44 bits per heavy atom. The Balaban J connectivity index is 2.20. The van der Waals surface area contributed by atoms with Gasteiger partial charge in [0, 0.05) is 27.6 Å². The fourth-order valence-corrected chi connectivity index (χ4v) is 5.44. The van der Waals surface area contributed by atoms with E-state index in [1.807, 2.05) is 0 Å². The minimum atomic E-state index is -4.61. The molecule has 0 atom stereocenters. The van der Waals surface area contributed by atoms with Gasteiger partial charge in [0.15, 0.2) is 5.82 Å². The summed E-state index contributed by atoms with van der Waals surface area (Å²) in [6, 6.07) is 10.6. The van der Waals surface area contributed by atoms with Crippen LogP contribution >= 0.6 is 0 Å². The van der Waals surface area contributed by atoms with Gasteiger partial charge < -0.3 is 14.0 Å². The van der Waals surface area contributed by atoms with Crippen molar-refractivity contribution in [3.63, 3.8) is 0 Å². The largest absolute Gasteiger partial charge is 0.377 e. The summed E-state index contributed by atoms with van der Waals surface area (Å²) in [5.74, 6) is -0.596. The lowest BCUT2D eigenvalue weighted by Gasteiger charge is -2.23. The molecule has 0 amide bonds. The molecule has 1 heterocycles. The van der Waals surface area contributed by atoms with Crippen molar-refractivity contribution in [3.05, 3.63) is 64.9 Å². The number of hydrogen-bond donors (Lipinski definition) is 1. The second kappa shape index (κ2) is 11.5. The lowest BCUT2D eigenvalue weighted by molar-refractivity contribution is 0.134. The van der Waals surface area contributed by atoms with Crippen molar-refractivity contribution in [3.8, 4) is 11.1 Å². The van der Waals surface area contributed by atoms with Gasteiger partial charge in [-0.25, -0.2) is 12.7 Å². The SMILES string of the molecule is [2H]C([2H])(CS(=O)(=O)O)c1ccc(-c2ccccc2S(=O)(=O)N(COC)c2noc(C)c2C)c(COCC)c1. The first-order chi connectivity index (χ1) is 17.7. The number of benzene rings is 2. The van der Waals surface area contributed by atoms with Crippen LogP contribution in [0.25, 0.3) is 11.1 Å². The summed E-state index contributed by atoms with van der Waals surface area (Å²) < 4.78 is 93.2. The summed E-state index contributed by atoms with van der Waals surface area (Å²) in [5.41, 5.74) is 1.70. The van der Waals surface area contributed by atoms with E-state index in [2.05, 4.69) is 5.16 Å². The number of rotatable bonds is 12. The normalized spacial score (nSPS) is 13.4. The zero-order valence-electron chi connectivity index (χ0n) is 22.4. The summed E-state index contributed by atoms with van der Waals surface area (Å²) in [7, 11) is -7.50. The first kappa shape index (κ1) is 24.9. The van der Waals surface area contributed by atoms with Gasteiger partial charge in [0.1, 0.15) is 12.5 Å². The molecule has 36 heavy (non-hydrogen) atoms. The van der Waals surface area contributed by atoms with Crippen molar-refractivity contribution in [2.24, 2.45) is 0 Å². The molecular weight excluding hydrogens is 508 g/mol. The Morgan fingerprint density at radius 2 is 1.83 bits per heavy atom. The molecule has 1 aromatic heterocycles. The quantitative estimate of drug-likeness (QED) is 0.269. The maximum Gasteiger partial charge on any atom is 0.268 e. The van der Waals surface area contributed by atoms with Gasteiger partial charge in [-0.05, 0) is 49.9 Å². The molecule has 0 aliphatic heterocycles. The van der Waals surface area contributed by atoms with Crippen LogP contribution in [0.4, 0.5) is 5.82 Å². The molecule has 0 spiro atoms. The van der Waals surface area contributed by atoms with Crippen LogP contribution in [0.2, 0.25) is 0 Å². The van der Waals surface area contributed by atoms with Gasteiger partial charge in [-0.3, -0.25) is 4.55 Å². The van der Waals surface area contributed by atoms with Crippen LogP contribution in [0, 0.1) is 13.8 Å². The van der Waals surface area contributed by atoms with Crippen molar-refractivity contribution in [2.75, 3.05) is 30.5 Å². The van der Waals surface area contributed by atoms with E-state index in [1.165, 1.54) is 31.4 Å². The number of ether oxygens (including phenoxy) is 2. The van der Waals surface area contributed by atoms with Crippen LogP contribution in [0.5, 0.6) is 0 Å². The highest BCUT2D eigenvalue weighted by atomic mass is 32.2. The highest BCUT2D eigenvalue weighted by Gasteiger charge is 2.32. The van der Waals surface area contributed by atoms with E-state index < -0.39 is 32.3 Å². The second-order valence-electron chi connectivity index (χ2n) is 7.87. The molecule has 0 aliphatic rings. The molecule has 0 radical (unpaired) electrons. The Labute approximate surface area is 214 Å². The molecule has 0 saturated heterocycles. The fourth-order valence-electron chi connectivity index (χ4n) is 3.51. The Kier molecular flexibility index (Phi) is 7.97. The Morgan fingerprint density at radius 1 is 1.11 bits per heavy atom. The predicted octanol–water partition coefficient (Wildman–Crippen LogP) is 3.72. The van der Waals surface area contributed by atoms with Crippen molar-refractivity contribution in [2.45, 2.75) is 38.6 Å². The van der Waals surface area contributed by atoms with E-state index in [4.69, 9.17) is 16.7 Å². The maximum atomic E-state index is 14.0. The molecule has 0 aliphatic carbocycles. The molecule has 196 valence electrons. The minimum absolute atomic E-state index is 0.000611. The number of sulfonamides is 1. The van der Waals surface area contributed by atoms with Gasteiger partial charge in [-0.15, -0.1) is 0 Å². The maximum absolute atomic E-state index is 14.0. The molecule has 1 N–H and O–H groups in total. The molecule has 3 rings (SSSR count). The van der Waals surface area contributed by atoms with Crippen LogP contribution in [0.15, 0.2) is 51.9 Å². The summed E-state index contributed by atoms with van der Waals surface area (Å²) in [5, 5.41) is 3.91. The molecule has 2 aromatic carbocycles. The van der Waals surface area contributed by atoms with E-state index in [1.54, 1.807) is 39.0 Å². The van der Waals surface area contributed by atoms with Crippen molar-refractivity contribution >= 4 is 26.0 Å². The predicted molar refractivity (Wildman–Crippen MR) is 135 cm³/mol. The van der Waals surface area contributed by atoms with Gasteiger partial charge in [0.25, 0.3) is 20.1 Å². The Bertz CT molecular complexity index is 1510. The molecule has 0 saturated carbocycles. The van der Waals surface area contributed by atoms with E-state index in [0.29, 0.717) is 34.6 Å². The van der Waals surface area contributed by atoms with Gasteiger partial charge in [-0.2, -0.15) is 8.42 Å². The first-order valence-corrected chi connectivity index (χ1v) is 14.0. The second-order valence-corrected chi connectivity index (χ2v) is 11.2. The van der Waals surface area contributed by atoms with Gasteiger partial charge >= 0.3 is 0 Å². The number of hydrogen-bond acceptors (Lipinski definition) is 8. The Hall–Kier alpha value is -2.77. The van der Waals surface area contributed by atoms with Crippen LogP contribution in [-0.4, -0.2) is 52.7 Å². The third-order valence-electron chi connectivity index (χ3n) is 5.39. The average molecular weight is 541 g/mol. The number of anilines is 1. The van der Waals surface area contributed by atoms with E-state index >= 15 is 0 Å². The smallest absolute Gasteiger partial charge is 0.268 e. The third kappa shape index (κ3) is 6.31. The summed E-state index contributed by atoms with van der Waals surface area (Å²) >= 11 is 0. The number of methoxy groups -OCH3 is 1. The fraction of sp³-hybridized carbons (Fsp3) is 0.375. The number of aryl methyl sites for hydroxylation is 2. The van der Waals surface area contributed by atoms with Gasteiger partial charge in [0.2, 0.25) is 0 Å². The van der Waals surface area contributed by atoms with Crippen molar-refractivity contribution in [1.29, 1.82) is 0 Å². The minimum Gasteiger partial charge on any atom is -0.377 e. The van der Waals surface area contributed by atoms with Crippen LogP contribution in [0.1, 0.15) is 32.1 Å². The zero-order valence-corrected chi connectivity index (χ0v) is 22.0. The summed E-state index contributed by atoms with van der Waals surface area (Å²) in [6.07, 6.45) is -2.41. The molecule has 12 heteroatoms. The molecule has 0 unspecified atom stereocenters. The van der Waals surface area contributed by atoms with Gasteiger partial charge in [0.05, 0.1) is 17.3 Å². The van der Waals surface area contributed by atoms with E-state index in [-0.39, 0.29) is 29.6 Å². The third-order valence-corrected chi connectivity index (χ3v) is 7.67. The highest BCUT2D eigenvalue weighted by molar-refractivity contribution is 7.93. The number of aromatic nitrogens is 1. The lowest BCUT2D eigenvalue weighted by Crippen LogP contribution is -2.34. The van der Waals surface area contributed by atoms with Crippen LogP contribution < -0.4 is 4.31 Å². The van der Waals surface area contributed by atoms with Crippen molar-refractivity contribution in [1.82, 2.24) is 5.16 Å². The molecule has 3 aromatic rings. The van der Waals surface area contributed by atoms with Crippen molar-refractivity contribution < 1.29 is 38.1 Å². The van der Waals surface area contributed by atoms with Crippen LogP contribution in [0.3, 0.4) is 0 Å². The summed E-state index contributed by atoms with van der Waals surface area (Å²) in [4.78, 5) is -0.0662. The monoisotopic (exact) mass is 540 g/mol. The highest BCUT2D eigenvalue weighted by Crippen LogP contribution is 2.35. The molecule has 10 nitrogen and oxygen atoms in total. The van der Waals surface area contributed by atoms with E-state index in [9.17, 15) is 21.4 Å². The molecule has 0 bridgehead atoms. The number of nitrogens with zero attached hydrogens (tertiary/aromatic N) is 2. The van der Waals surface area contributed by atoms with Crippen LogP contribution in [-0.2, 0) is 42.6 Å². The topological polar surface area (TPSA) is 136 Å². The molecular formula is C24H30N2O8S2.